The highest BCUT2D eigenvalue weighted by molar-refractivity contribution is 6.07. The molecular formula is C13H10N2O4. The summed E-state index contributed by atoms with van der Waals surface area (Å²) in [5.41, 5.74) is -0.418. The van der Waals surface area contributed by atoms with Crippen molar-refractivity contribution in [1.29, 1.82) is 0 Å². The van der Waals surface area contributed by atoms with Crippen molar-refractivity contribution in [1.82, 2.24) is 4.98 Å². The van der Waals surface area contributed by atoms with Gasteiger partial charge in [0.2, 0.25) is 0 Å². The number of aromatic amines is 1. The van der Waals surface area contributed by atoms with Gasteiger partial charge in [0.1, 0.15) is 5.56 Å². The molecule has 0 unspecified atom stereocenters. The van der Waals surface area contributed by atoms with Crippen molar-refractivity contribution in [2.45, 2.75) is 0 Å². The number of anilines is 1. The van der Waals surface area contributed by atoms with E-state index in [9.17, 15) is 14.4 Å². The standard InChI is InChI=1S/C13H10N2O4/c16-11-5-6-14-7-9(11)12(17)15-10-4-2-1-3-8(10)13(18)19/h1-7H,(H,14,16)(H,15,17)(H,18,19). The zero-order chi connectivity index (χ0) is 13.8. The van der Waals surface area contributed by atoms with Gasteiger partial charge in [0, 0.05) is 18.5 Å². The molecule has 19 heavy (non-hydrogen) atoms. The lowest BCUT2D eigenvalue weighted by molar-refractivity contribution is 0.0698. The number of nitrogens with one attached hydrogen (secondary N) is 2. The molecule has 6 heteroatoms. The Morgan fingerprint density at radius 2 is 1.84 bits per heavy atom. The van der Waals surface area contributed by atoms with Crippen LogP contribution < -0.4 is 10.7 Å². The summed E-state index contributed by atoms with van der Waals surface area (Å²) < 4.78 is 0. The fourth-order valence-corrected chi connectivity index (χ4v) is 1.56. The van der Waals surface area contributed by atoms with Crippen LogP contribution in [0.1, 0.15) is 20.7 Å². The predicted octanol–water partition coefficient (Wildman–Crippen LogP) is 1.33. The molecule has 3 N–H and O–H groups in total. The fraction of sp³-hybridized carbons (Fsp3) is 0. The van der Waals surface area contributed by atoms with E-state index in [2.05, 4.69) is 10.3 Å². The summed E-state index contributed by atoms with van der Waals surface area (Å²) in [6.45, 7) is 0. The van der Waals surface area contributed by atoms with Crippen molar-refractivity contribution in [3.63, 3.8) is 0 Å². The van der Waals surface area contributed by atoms with E-state index in [4.69, 9.17) is 5.11 Å². The van der Waals surface area contributed by atoms with Gasteiger partial charge in [-0.1, -0.05) is 12.1 Å². The molecule has 1 heterocycles. The van der Waals surface area contributed by atoms with Crippen LogP contribution in [0.15, 0.2) is 47.5 Å². The van der Waals surface area contributed by atoms with Gasteiger partial charge in [0.25, 0.3) is 5.91 Å². The maximum atomic E-state index is 11.9. The zero-order valence-electron chi connectivity index (χ0n) is 9.71. The van der Waals surface area contributed by atoms with Crippen LogP contribution >= 0.6 is 0 Å². The number of carbonyl (C=O) groups is 2. The number of benzene rings is 1. The predicted molar refractivity (Wildman–Crippen MR) is 68.4 cm³/mol. The van der Waals surface area contributed by atoms with Crippen molar-refractivity contribution in [3.05, 3.63) is 64.1 Å². The Kier molecular flexibility index (Phi) is 3.42. The average molecular weight is 258 g/mol. The molecule has 0 radical (unpaired) electrons. The molecule has 0 spiro atoms. The van der Waals surface area contributed by atoms with Gasteiger partial charge >= 0.3 is 5.97 Å². The largest absolute Gasteiger partial charge is 0.478 e. The minimum atomic E-state index is -1.15. The van der Waals surface area contributed by atoms with Gasteiger partial charge in [-0.15, -0.1) is 0 Å². The number of pyridine rings is 1. The van der Waals surface area contributed by atoms with Crippen LogP contribution in [0.4, 0.5) is 5.69 Å². The van der Waals surface area contributed by atoms with E-state index < -0.39 is 17.3 Å². The number of hydrogen-bond acceptors (Lipinski definition) is 3. The van der Waals surface area contributed by atoms with Crippen LogP contribution in [0.5, 0.6) is 0 Å². The molecule has 1 amide bonds. The van der Waals surface area contributed by atoms with Gasteiger partial charge < -0.3 is 15.4 Å². The third-order valence-corrected chi connectivity index (χ3v) is 2.47. The third-order valence-electron chi connectivity index (χ3n) is 2.47. The molecule has 2 aromatic rings. The first-order chi connectivity index (χ1) is 9.09. The lowest BCUT2D eigenvalue weighted by Gasteiger charge is -2.07. The van der Waals surface area contributed by atoms with Crippen LogP contribution in [0, 0.1) is 0 Å². The molecule has 96 valence electrons. The number of aromatic nitrogens is 1. The highest BCUT2D eigenvalue weighted by Crippen LogP contribution is 2.15. The number of carboxylic acids is 1. The summed E-state index contributed by atoms with van der Waals surface area (Å²) in [6.07, 6.45) is 2.67. The van der Waals surface area contributed by atoms with E-state index in [0.29, 0.717) is 0 Å². The van der Waals surface area contributed by atoms with Crippen LogP contribution in [0.25, 0.3) is 0 Å². The van der Waals surface area contributed by atoms with Gasteiger partial charge in [-0.25, -0.2) is 4.79 Å². The molecule has 0 saturated heterocycles. The first-order valence-electron chi connectivity index (χ1n) is 5.40. The van der Waals surface area contributed by atoms with E-state index >= 15 is 0 Å². The van der Waals surface area contributed by atoms with Crippen molar-refractivity contribution < 1.29 is 14.7 Å². The van der Waals surface area contributed by atoms with Crippen LogP contribution in [0.3, 0.4) is 0 Å². The first-order valence-corrected chi connectivity index (χ1v) is 5.40. The Hall–Kier alpha value is -2.89. The molecule has 2 rings (SSSR count). The van der Waals surface area contributed by atoms with Gasteiger partial charge in [-0.3, -0.25) is 9.59 Å². The quantitative estimate of drug-likeness (QED) is 0.773. The lowest BCUT2D eigenvalue weighted by atomic mass is 10.1. The van der Waals surface area contributed by atoms with Crippen molar-refractivity contribution >= 4 is 17.6 Å². The van der Waals surface area contributed by atoms with Gasteiger partial charge in [0.15, 0.2) is 5.43 Å². The second-order valence-corrected chi connectivity index (χ2v) is 3.73. The molecule has 0 saturated carbocycles. The Bertz CT molecular complexity index is 691. The first kappa shape index (κ1) is 12.6. The monoisotopic (exact) mass is 258 g/mol. The van der Waals surface area contributed by atoms with Crippen LogP contribution in [-0.2, 0) is 0 Å². The van der Waals surface area contributed by atoms with E-state index in [1.807, 2.05) is 0 Å². The van der Waals surface area contributed by atoms with E-state index in [-0.39, 0.29) is 16.8 Å². The highest BCUT2D eigenvalue weighted by Gasteiger charge is 2.14. The molecule has 0 fully saturated rings. The molecule has 0 aliphatic heterocycles. The Morgan fingerprint density at radius 1 is 1.11 bits per heavy atom. The SMILES string of the molecule is O=C(O)c1ccccc1NC(=O)c1c[nH]ccc1=O. The normalized spacial score (nSPS) is 9.89. The van der Waals surface area contributed by atoms with Crippen LogP contribution in [-0.4, -0.2) is 22.0 Å². The molecular weight excluding hydrogens is 248 g/mol. The van der Waals surface area contributed by atoms with Crippen LogP contribution in [0.2, 0.25) is 0 Å². The Balaban J connectivity index is 2.33. The number of para-hydroxylation sites is 1. The third kappa shape index (κ3) is 2.68. The number of rotatable bonds is 3. The summed E-state index contributed by atoms with van der Waals surface area (Å²) in [6, 6.07) is 7.19. The molecule has 0 aliphatic carbocycles. The number of H-pyrrole nitrogens is 1. The van der Waals surface area contributed by atoms with Gasteiger partial charge in [-0.2, -0.15) is 0 Å². The summed E-state index contributed by atoms with van der Waals surface area (Å²) in [5.74, 6) is -1.81. The summed E-state index contributed by atoms with van der Waals surface area (Å²) >= 11 is 0. The number of carboxylic acid groups (broad SMARTS) is 1. The smallest absolute Gasteiger partial charge is 0.337 e. The van der Waals surface area contributed by atoms with Crippen molar-refractivity contribution in [3.8, 4) is 0 Å². The minimum Gasteiger partial charge on any atom is -0.478 e. The maximum Gasteiger partial charge on any atom is 0.337 e. The Labute approximate surface area is 107 Å². The number of aromatic carboxylic acids is 1. The van der Waals surface area contributed by atoms with E-state index in [1.165, 1.54) is 30.6 Å². The van der Waals surface area contributed by atoms with Crippen molar-refractivity contribution in [2.24, 2.45) is 0 Å². The lowest BCUT2D eigenvalue weighted by Crippen LogP contribution is -2.21. The fourth-order valence-electron chi connectivity index (χ4n) is 1.56. The van der Waals surface area contributed by atoms with Gasteiger partial charge in [0.05, 0.1) is 11.3 Å². The number of amides is 1. The topological polar surface area (TPSA) is 99.3 Å². The van der Waals surface area contributed by atoms with Gasteiger partial charge in [-0.05, 0) is 12.1 Å². The maximum absolute atomic E-state index is 11.9. The number of carbonyl (C=O) groups excluding carboxylic acids is 1. The summed E-state index contributed by atoms with van der Waals surface area (Å²) in [5, 5.41) is 11.4. The number of hydrogen-bond donors (Lipinski definition) is 3. The highest BCUT2D eigenvalue weighted by atomic mass is 16.4. The summed E-state index contributed by atoms with van der Waals surface area (Å²) in [7, 11) is 0. The van der Waals surface area contributed by atoms with E-state index in [0.717, 1.165) is 0 Å². The molecule has 0 aliphatic rings. The zero-order valence-corrected chi connectivity index (χ0v) is 9.71. The minimum absolute atomic E-state index is 0.0387. The summed E-state index contributed by atoms with van der Waals surface area (Å²) in [4.78, 5) is 37.0. The second kappa shape index (κ2) is 5.18. The molecule has 0 bridgehead atoms. The van der Waals surface area contributed by atoms with E-state index in [1.54, 1.807) is 12.1 Å². The Morgan fingerprint density at radius 3 is 2.53 bits per heavy atom. The molecule has 6 nitrogen and oxygen atoms in total. The average Bonchev–Trinajstić information content (AvgIpc) is 2.39. The second-order valence-electron chi connectivity index (χ2n) is 3.73. The molecule has 1 aromatic heterocycles. The molecule has 1 aromatic carbocycles. The molecule has 0 atom stereocenters. The van der Waals surface area contributed by atoms with Crippen molar-refractivity contribution in [2.75, 3.05) is 5.32 Å².